The minimum absolute atomic E-state index is 0.0753. The van der Waals surface area contributed by atoms with E-state index in [1.165, 1.54) is 31.4 Å². The Hall–Kier alpha value is -2.83. The van der Waals surface area contributed by atoms with Crippen molar-refractivity contribution in [3.63, 3.8) is 0 Å². The number of nitro groups is 1. The molecule has 0 aliphatic rings. The zero-order valence-electron chi connectivity index (χ0n) is 9.94. The lowest BCUT2D eigenvalue weighted by atomic mass is 10.3. The molecular formula is C12H10N2O5. The van der Waals surface area contributed by atoms with Crippen LogP contribution < -0.4 is 9.47 Å². The summed E-state index contributed by atoms with van der Waals surface area (Å²) in [4.78, 5) is 14.1. The molecule has 0 aliphatic heterocycles. The van der Waals surface area contributed by atoms with E-state index in [0.29, 0.717) is 0 Å². The molecule has 0 unspecified atom stereocenters. The Labute approximate surface area is 108 Å². The second-order valence-corrected chi connectivity index (χ2v) is 3.50. The normalized spacial score (nSPS) is 9.95. The van der Waals surface area contributed by atoms with Crippen molar-refractivity contribution in [1.29, 1.82) is 0 Å². The summed E-state index contributed by atoms with van der Waals surface area (Å²) in [5, 5.41) is 20.5. The highest BCUT2D eigenvalue weighted by Gasteiger charge is 2.19. The topological polar surface area (TPSA) is 94.7 Å². The number of benzene rings is 1. The monoisotopic (exact) mass is 262 g/mol. The van der Waals surface area contributed by atoms with Gasteiger partial charge in [0.1, 0.15) is 0 Å². The first-order valence-corrected chi connectivity index (χ1v) is 5.27. The van der Waals surface area contributed by atoms with E-state index in [1.807, 2.05) is 0 Å². The zero-order chi connectivity index (χ0) is 13.8. The maximum Gasteiger partial charge on any atom is 0.331 e. The molecule has 7 heteroatoms. The van der Waals surface area contributed by atoms with Crippen molar-refractivity contribution in [2.45, 2.75) is 0 Å². The number of rotatable bonds is 4. The van der Waals surface area contributed by atoms with Crippen LogP contribution in [0.2, 0.25) is 0 Å². The van der Waals surface area contributed by atoms with Crippen molar-refractivity contribution in [2.75, 3.05) is 7.11 Å². The maximum absolute atomic E-state index is 10.9. The van der Waals surface area contributed by atoms with Crippen LogP contribution in [0.3, 0.4) is 0 Å². The smallest absolute Gasteiger partial charge is 0.331 e. The van der Waals surface area contributed by atoms with Gasteiger partial charge in [0.15, 0.2) is 11.5 Å². The predicted octanol–water partition coefficient (Wildman–Crippen LogP) is 2.50. The predicted molar refractivity (Wildman–Crippen MR) is 65.6 cm³/mol. The van der Waals surface area contributed by atoms with E-state index < -0.39 is 4.92 Å². The lowest BCUT2D eigenvalue weighted by molar-refractivity contribution is -0.386. The molecule has 98 valence electrons. The molecule has 0 saturated heterocycles. The van der Waals surface area contributed by atoms with Gasteiger partial charge in [-0.15, -0.1) is 0 Å². The number of nitrogens with zero attached hydrogens (tertiary/aromatic N) is 2. The number of pyridine rings is 1. The first-order valence-electron chi connectivity index (χ1n) is 5.27. The molecule has 0 radical (unpaired) electrons. The minimum atomic E-state index is -0.623. The number of aromatic hydroxyl groups is 1. The van der Waals surface area contributed by atoms with Gasteiger partial charge in [0.05, 0.1) is 12.0 Å². The van der Waals surface area contributed by atoms with Crippen LogP contribution in [-0.2, 0) is 0 Å². The number of para-hydroxylation sites is 2. The van der Waals surface area contributed by atoms with E-state index in [1.54, 1.807) is 12.1 Å². The first kappa shape index (κ1) is 12.6. The third-order valence-electron chi connectivity index (χ3n) is 2.29. The van der Waals surface area contributed by atoms with Crippen molar-refractivity contribution in [3.05, 3.63) is 46.5 Å². The number of phenolic OH excluding ortho intramolecular Hbond substituents is 1. The zero-order valence-corrected chi connectivity index (χ0v) is 9.94. The van der Waals surface area contributed by atoms with Crippen LogP contribution in [-0.4, -0.2) is 22.1 Å². The van der Waals surface area contributed by atoms with E-state index in [2.05, 4.69) is 4.98 Å². The first-order chi connectivity index (χ1) is 9.11. The number of hydrogen-bond donors (Lipinski definition) is 1. The third-order valence-corrected chi connectivity index (χ3v) is 2.29. The summed E-state index contributed by atoms with van der Waals surface area (Å²) in [5.74, 6) is -0.130. The van der Waals surface area contributed by atoms with Crippen LogP contribution in [0, 0.1) is 10.1 Å². The van der Waals surface area contributed by atoms with Gasteiger partial charge in [-0.2, -0.15) is 4.98 Å². The molecule has 0 aliphatic carbocycles. The molecule has 0 spiro atoms. The molecule has 0 atom stereocenters. The fourth-order valence-corrected chi connectivity index (χ4v) is 1.39. The Kier molecular flexibility index (Phi) is 3.46. The average Bonchev–Trinajstić information content (AvgIpc) is 2.41. The minimum Gasteiger partial charge on any atom is -0.504 e. The molecular weight excluding hydrogens is 252 g/mol. The molecule has 1 heterocycles. The molecule has 0 fully saturated rings. The lowest BCUT2D eigenvalue weighted by Gasteiger charge is -2.07. The number of hydrogen-bond acceptors (Lipinski definition) is 6. The fraction of sp³-hybridized carbons (Fsp3) is 0.0833. The summed E-state index contributed by atoms with van der Waals surface area (Å²) < 4.78 is 10.1. The molecule has 0 saturated carbocycles. The van der Waals surface area contributed by atoms with Crippen LogP contribution in [0.1, 0.15) is 0 Å². The van der Waals surface area contributed by atoms with Gasteiger partial charge in [-0.05, 0) is 12.1 Å². The summed E-state index contributed by atoms with van der Waals surface area (Å²) in [5.41, 5.74) is -0.316. The van der Waals surface area contributed by atoms with Crippen molar-refractivity contribution < 1.29 is 19.5 Å². The van der Waals surface area contributed by atoms with Gasteiger partial charge in [0, 0.05) is 12.1 Å². The van der Waals surface area contributed by atoms with E-state index in [-0.39, 0.29) is 28.9 Å². The molecule has 1 N–H and O–H groups in total. The third kappa shape index (κ3) is 2.71. The Balaban J connectivity index is 2.43. The summed E-state index contributed by atoms with van der Waals surface area (Å²) in [6.45, 7) is 0. The van der Waals surface area contributed by atoms with E-state index in [9.17, 15) is 15.2 Å². The Morgan fingerprint density at radius 1 is 1.26 bits per heavy atom. The van der Waals surface area contributed by atoms with Crippen LogP contribution in [0.25, 0.3) is 0 Å². The second-order valence-electron chi connectivity index (χ2n) is 3.50. The van der Waals surface area contributed by atoms with Crippen LogP contribution in [0.5, 0.6) is 23.3 Å². The second kappa shape index (κ2) is 5.21. The summed E-state index contributed by atoms with van der Waals surface area (Å²) in [6, 6.07) is 8.69. The van der Waals surface area contributed by atoms with E-state index >= 15 is 0 Å². The number of ether oxygens (including phenoxy) is 2. The highest BCUT2D eigenvalue weighted by atomic mass is 16.6. The van der Waals surface area contributed by atoms with E-state index in [0.717, 1.165) is 0 Å². The molecule has 19 heavy (non-hydrogen) atoms. The van der Waals surface area contributed by atoms with Crippen molar-refractivity contribution in [3.8, 4) is 23.3 Å². The van der Waals surface area contributed by atoms with Crippen molar-refractivity contribution in [2.24, 2.45) is 0 Å². The number of aromatic nitrogens is 1. The van der Waals surface area contributed by atoms with Crippen molar-refractivity contribution >= 4 is 5.69 Å². The number of methoxy groups -OCH3 is 1. The van der Waals surface area contributed by atoms with Gasteiger partial charge in [-0.3, -0.25) is 10.1 Å². The standard InChI is InChI=1S/C12H10N2O5/c1-18-11-7-6-8(14(16)17)12(13-11)19-10-5-3-2-4-9(10)15/h2-7,15H,1H3. The maximum atomic E-state index is 10.9. The molecule has 1 aromatic heterocycles. The Morgan fingerprint density at radius 3 is 2.63 bits per heavy atom. The van der Waals surface area contributed by atoms with Crippen LogP contribution in [0.4, 0.5) is 5.69 Å². The molecule has 7 nitrogen and oxygen atoms in total. The van der Waals surface area contributed by atoms with Gasteiger partial charge in [-0.1, -0.05) is 12.1 Å². The van der Waals surface area contributed by atoms with Gasteiger partial charge in [0.25, 0.3) is 0 Å². The molecule has 0 amide bonds. The Morgan fingerprint density at radius 2 is 2.00 bits per heavy atom. The van der Waals surface area contributed by atoms with E-state index in [4.69, 9.17) is 9.47 Å². The highest BCUT2D eigenvalue weighted by Crippen LogP contribution is 2.35. The molecule has 2 aromatic rings. The SMILES string of the molecule is COc1ccc([N+](=O)[O-])c(Oc2ccccc2O)n1. The quantitative estimate of drug-likeness (QED) is 0.671. The Bertz CT molecular complexity index is 615. The fourth-order valence-electron chi connectivity index (χ4n) is 1.39. The summed E-state index contributed by atoms with van der Waals surface area (Å²) >= 11 is 0. The molecule has 0 bridgehead atoms. The van der Waals surface area contributed by atoms with Crippen LogP contribution in [0.15, 0.2) is 36.4 Å². The number of phenols is 1. The molecule has 2 rings (SSSR count). The summed E-state index contributed by atoms with van der Waals surface area (Å²) in [7, 11) is 1.39. The van der Waals surface area contributed by atoms with Crippen molar-refractivity contribution in [1.82, 2.24) is 4.98 Å². The van der Waals surface area contributed by atoms with Crippen LogP contribution >= 0.6 is 0 Å². The van der Waals surface area contributed by atoms with Gasteiger partial charge < -0.3 is 14.6 Å². The largest absolute Gasteiger partial charge is 0.504 e. The average molecular weight is 262 g/mol. The van der Waals surface area contributed by atoms with Gasteiger partial charge in [0.2, 0.25) is 5.88 Å². The van der Waals surface area contributed by atoms with Gasteiger partial charge in [-0.25, -0.2) is 0 Å². The highest BCUT2D eigenvalue weighted by molar-refractivity contribution is 5.48. The van der Waals surface area contributed by atoms with Gasteiger partial charge >= 0.3 is 11.6 Å². The summed E-state index contributed by atoms with van der Waals surface area (Å²) in [6.07, 6.45) is 0. The molecule has 1 aromatic carbocycles. The lowest BCUT2D eigenvalue weighted by Crippen LogP contribution is -1.98.